The minimum Gasteiger partial charge on any atom is -0.475 e. The van der Waals surface area contributed by atoms with E-state index in [0.29, 0.717) is 11.3 Å². The number of hydrogen-bond acceptors (Lipinski definition) is 5. The van der Waals surface area contributed by atoms with Crippen LogP contribution in [0.3, 0.4) is 0 Å². The Kier molecular flexibility index (Phi) is 3.38. The molecule has 0 unspecified atom stereocenters. The van der Waals surface area contributed by atoms with Gasteiger partial charge in [-0.1, -0.05) is 0 Å². The second-order valence-electron chi connectivity index (χ2n) is 4.15. The van der Waals surface area contributed by atoms with E-state index < -0.39 is 22.0 Å². The molecule has 0 aromatic carbocycles. The van der Waals surface area contributed by atoms with Crippen LogP contribution in [-0.4, -0.2) is 20.6 Å². The van der Waals surface area contributed by atoms with Crippen molar-refractivity contribution in [2.45, 2.75) is 13.5 Å². The Balaban J connectivity index is 2.33. The van der Waals surface area contributed by atoms with Gasteiger partial charge in [-0.25, -0.2) is 4.79 Å². The molecule has 0 saturated carbocycles. The van der Waals surface area contributed by atoms with Crippen molar-refractivity contribution in [2.75, 3.05) is 0 Å². The van der Waals surface area contributed by atoms with Gasteiger partial charge in [0.25, 0.3) is 5.43 Å². The lowest BCUT2D eigenvalue weighted by Gasteiger charge is -2.02. The molecule has 8 nitrogen and oxygen atoms in total. The number of rotatable bonds is 4. The fraction of sp³-hybridized carbons (Fsp3) is 0.167. The van der Waals surface area contributed by atoms with Crippen molar-refractivity contribution in [1.29, 1.82) is 0 Å². The van der Waals surface area contributed by atoms with Crippen LogP contribution in [0.5, 0.6) is 0 Å². The molecule has 0 aliphatic rings. The summed E-state index contributed by atoms with van der Waals surface area (Å²) in [5.41, 5.74) is -0.773. The van der Waals surface area contributed by atoms with E-state index >= 15 is 0 Å². The van der Waals surface area contributed by atoms with Gasteiger partial charge >= 0.3 is 11.7 Å². The van der Waals surface area contributed by atoms with Crippen molar-refractivity contribution in [1.82, 2.24) is 4.57 Å². The third-order valence-corrected chi connectivity index (χ3v) is 2.66. The molecule has 0 spiro atoms. The molecule has 0 aliphatic carbocycles. The molecular formula is C12H10N2O6. The van der Waals surface area contributed by atoms with Crippen molar-refractivity contribution >= 4 is 11.7 Å². The Bertz CT molecular complexity index is 743. The molecule has 2 aromatic rings. The van der Waals surface area contributed by atoms with Crippen LogP contribution in [0, 0.1) is 17.0 Å². The highest BCUT2D eigenvalue weighted by Gasteiger charge is 2.16. The molecule has 0 fully saturated rings. The van der Waals surface area contributed by atoms with E-state index in [4.69, 9.17) is 9.52 Å². The second kappa shape index (κ2) is 5.00. The lowest BCUT2D eigenvalue weighted by atomic mass is 10.2. The second-order valence-corrected chi connectivity index (χ2v) is 4.15. The number of nitro groups is 1. The molecule has 0 radical (unpaired) electrons. The number of furan rings is 1. The quantitative estimate of drug-likeness (QED) is 0.667. The molecule has 0 amide bonds. The first-order valence-corrected chi connectivity index (χ1v) is 5.55. The average Bonchev–Trinajstić information content (AvgIpc) is 2.72. The molecule has 2 aromatic heterocycles. The summed E-state index contributed by atoms with van der Waals surface area (Å²) in [4.78, 5) is 32.0. The van der Waals surface area contributed by atoms with Crippen molar-refractivity contribution in [3.8, 4) is 0 Å². The molecule has 0 saturated heterocycles. The smallest absolute Gasteiger partial charge is 0.372 e. The molecule has 2 heterocycles. The Morgan fingerprint density at radius 3 is 2.80 bits per heavy atom. The minimum atomic E-state index is -1.18. The third-order valence-electron chi connectivity index (χ3n) is 2.66. The predicted octanol–water partition coefficient (Wildman–Crippen LogP) is 1.40. The van der Waals surface area contributed by atoms with E-state index in [1.807, 2.05) is 0 Å². The molecule has 0 bridgehead atoms. The number of pyridine rings is 1. The van der Waals surface area contributed by atoms with Crippen LogP contribution in [0.15, 0.2) is 33.7 Å². The Morgan fingerprint density at radius 1 is 1.55 bits per heavy atom. The molecule has 0 atom stereocenters. The molecule has 1 N–H and O–H groups in total. The van der Waals surface area contributed by atoms with E-state index in [9.17, 15) is 19.7 Å². The van der Waals surface area contributed by atoms with Crippen LogP contribution >= 0.6 is 0 Å². The monoisotopic (exact) mass is 278 g/mol. The number of nitrogens with zero attached hydrogens (tertiary/aromatic N) is 2. The first kappa shape index (κ1) is 13.5. The maximum Gasteiger partial charge on any atom is 0.372 e. The number of aromatic carboxylic acids is 1. The largest absolute Gasteiger partial charge is 0.475 e. The molecular weight excluding hydrogens is 268 g/mol. The number of carboxylic acid groups (broad SMARTS) is 1. The summed E-state index contributed by atoms with van der Waals surface area (Å²) in [6.45, 7) is 1.68. The fourth-order valence-electron chi connectivity index (χ4n) is 1.77. The van der Waals surface area contributed by atoms with E-state index in [2.05, 4.69) is 0 Å². The van der Waals surface area contributed by atoms with Gasteiger partial charge in [0, 0.05) is 17.8 Å². The number of carboxylic acids is 1. The standard InChI is InChI=1S/C12H10N2O6/c1-7-4-8(20-11(7)12(16)17)5-13-3-2-10(15)9(6-13)14(18)19/h2-4,6H,5H2,1H3,(H,16,17). The van der Waals surface area contributed by atoms with Gasteiger partial charge < -0.3 is 14.1 Å². The number of aryl methyl sites for hydroxylation is 1. The maximum absolute atomic E-state index is 11.3. The van der Waals surface area contributed by atoms with Crippen molar-refractivity contribution < 1.29 is 19.2 Å². The number of aromatic nitrogens is 1. The summed E-state index contributed by atoms with van der Waals surface area (Å²) < 4.78 is 6.52. The van der Waals surface area contributed by atoms with E-state index in [-0.39, 0.29) is 12.3 Å². The highest BCUT2D eigenvalue weighted by atomic mass is 16.6. The lowest BCUT2D eigenvalue weighted by molar-refractivity contribution is -0.386. The van der Waals surface area contributed by atoms with Gasteiger partial charge in [0.2, 0.25) is 5.76 Å². The van der Waals surface area contributed by atoms with Crippen LogP contribution < -0.4 is 5.43 Å². The van der Waals surface area contributed by atoms with Crippen LogP contribution in [0.4, 0.5) is 5.69 Å². The van der Waals surface area contributed by atoms with Crippen LogP contribution in [0.25, 0.3) is 0 Å². The molecule has 8 heteroatoms. The summed E-state index contributed by atoms with van der Waals surface area (Å²) in [6.07, 6.45) is 2.45. The summed E-state index contributed by atoms with van der Waals surface area (Å²) in [7, 11) is 0. The van der Waals surface area contributed by atoms with E-state index in [1.165, 1.54) is 16.8 Å². The number of hydrogen-bond donors (Lipinski definition) is 1. The van der Waals surface area contributed by atoms with E-state index in [1.54, 1.807) is 6.92 Å². The SMILES string of the molecule is Cc1cc(Cn2ccc(=O)c([N+](=O)[O-])c2)oc1C(=O)O. The zero-order chi connectivity index (χ0) is 14.9. The van der Waals surface area contributed by atoms with Crippen molar-refractivity contribution in [2.24, 2.45) is 0 Å². The van der Waals surface area contributed by atoms with Crippen molar-refractivity contribution in [3.63, 3.8) is 0 Å². The Labute approximate surface area is 112 Å². The van der Waals surface area contributed by atoms with E-state index in [0.717, 1.165) is 12.3 Å². The topological polar surface area (TPSA) is 116 Å². The highest BCUT2D eigenvalue weighted by molar-refractivity contribution is 5.86. The zero-order valence-corrected chi connectivity index (χ0v) is 10.4. The fourth-order valence-corrected chi connectivity index (χ4v) is 1.77. The number of carbonyl (C=O) groups is 1. The lowest BCUT2D eigenvalue weighted by Crippen LogP contribution is -2.11. The molecule has 2 rings (SSSR count). The molecule has 20 heavy (non-hydrogen) atoms. The molecule has 0 aliphatic heterocycles. The summed E-state index contributed by atoms with van der Waals surface area (Å²) >= 11 is 0. The predicted molar refractivity (Wildman–Crippen MR) is 66.9 cm³/mol. The Morgan fingerprint density at radius 2 is 2.25 bits per heavy atom. The van der Waals surface area contributed by atoms with Gasteiger partial charge in [-0.15, -0.1) is 0 Å². The highest BCUT2D eigenvalue weighted by Crippen LogP contribution is 2.16. The van der Waals surface area contributed by atoms with Crippen LogP contribution in [0.2, 0.25) is 0 Å². The molecule has 104 valence electrons. The van der Waals surface area contributed by atoms with Gasteiger partial charge in [0.1, 0.15) is 5.76 Å². The first-order chi connectivity index (χ1) is 9.38. The minimum absolute atomic E-state index is 0.0925. The normalized spacial score (nSPS) is 10.4. The first-order valence-electron chi connectivity index (χ1n) is 5.55. The van der Waals surface area contributed by atoms with Crippen molar-refractivity contribution in [3.05, 3.63) is 61.9 Å². The Hall–Kier alpha value is -2.90. The van der Waals surface area contributed by atoms with Gasteiger partial charge in [-0.3, -0.25) is 14.9 Å². The van der Waals surface area contributed by atoms with Gasteiger partial charge in [0.05, 0.1) is 17.7 Å². The van der Waals surface area contributed by atoms with Gasteiger partial charge in [-0.2, -0.15) is 0 Å². The van der Waals surface area contributed by atoms with Crippen LogP contribution in [-0.2, 0) is 6.54 Å². The zero-order valence-electron chi connectivity index (χ0n) is 10.4. The summed E-state index contributed by atoms with van der Waals surface area (Å²) in [5.74, 6) is -1.02. The summed E-state index contributed by atoms with van der Waals surface area (Å²) in [5, 5.41) is 19.5. The summed E-state index contributed by atoms with van der Waals surface area (Å²) in [6, 6.07) is 2.61. The maximum atomic E-state index is 11.3. The third kappa shape index (κ3) is 2.58. The van der Waals surface area contributed by atoms with Gasteiger partial charge in [-0.05, 0) is 13.0 Å². The van der Waals surface area contributed by atoms with Crippen LogP contribution in [0.1, 0.15) is 21.9 Å². The average molecular weight is 278 g/mol. The van der Waals surface area contributed by atoms with Gasteiger partial charge in [0.15, 0.2) is 0 Å².